The Balaban J connectivity index is 1.54. The molecule has 34 heavy (non-hydrogen) atoms. The van der Waals surface area contributed by atoms with E-state index < -0.39 is 0 Å². The molecule has 3 aromatic rings. The fourth-order valence-corrected chi connectivity index (χ4v) is 5.53. The molecule has 1 atom stereocenters. The van der Waals surface area contributed by atoms with E-state index in [4.69, 9.17) is 55.2 Å². The van der Waals surface area contributed by atoms with Crippen molar-refractivity contribution >= 4 is 69.5 Å². The Labute approximate surface area is 211 Å². The molecule has 1 saturated carbocycles. The van der Waals surface area contributed by atoms with Crippen LogP contribution in [0.15, 0.2) is 18.3 Å². The van der Waals surface area contributed by atoms with Gasteiger partial charge in [0.15, 0.2) is 5.65 Å². The van der Waals surface area contributed by atoms with Crippen molar-refractivity contribution in [1.82, 2.24) is 19.5 Å². The lowest BCUT2D eigenvalue weighted by molar-refractivity contribution is -0.122. The maximum Gasteiger partial charge on any atom is 0.225 e. The quantitative estimate of drug-likeness (QED) is 0.417. The minimum atomic E-state index is -0.250. The normalized spacial score (nSPS) is 22.7. The zero-order chi connectivity index (χ0) is 23.8. The van der Waals surface area contributed by atoms with Gasteiger partial charge in [0.25, 0.3) is 0 Å². The van der Waals surface area contributed by atoms with Gasteiger partial charge < -0.3 is 21.1 Å². The van der Waals surface area contributed by atoms with Crippen molar-refractivity contribution in [3.63, 3.8) is 0 Å². The van der Waals surface area contributed by atoms with Crippen LogP contribution in [0.3, 0.4) is 0 Å². The first-order valence-corrected chi connectivity index (χ1v) is 12.3. The predicted octanol–water partition coefficient (Wildman–Crippen LogP) is 4.95. The Bertz CT molecular complexity index is 1200. The highest BCUT2D eigenvalue weighted by atomic mass is 35.5. The van der Waals surface area contributed by atoms with Crippen molar-refractivity contribution in [2.75, 3.05) is 23.8 Å². The number of aromatic nitrogens is 4. The molecule has 2 aliphatic rings. The molecule has 0 unspecified atom stereocenters. The van der Waals surface area contributed by atoms with E-state index in [1.54, 1.807) is 18.3 Å². The van der Waals surface area contributed by atoms with Gasteiger partial charge in [-0.2, -0.15) is 4.98 Å². The number of imidazole rings is 1. The molecule has 5 rings (SSSR count). The summed E-state index contributed by atoms with van der Waals surface area (Å²) < 4.78 is 7.50. The fraction of sp³-hybridized carbons (Fsp3) is 0.455. The van der Waals surface area contributed by atoms with Gasteiger partial charge in [-0.25, -0.2) is 9.97 Å². The Morgan fingerprint density at radius 3 is 2.47 bits per heavy atom. The third kappa shape index (κ3) is 4.75. The van der Waals surface area contributed by atoms with Crippen molar-refractivity contribution < 1.29 is 9.53 Å². The van der Waals surface area contributed by atoms with E-state index in [0.29, 0.717) is 63.3 Å². The molecule has 1 aliphatic heterocycles. The van der Waals surface area contributed by atoms with Gasteiger partial charge in [-0.1, -0.05) is 34.8 Å². The smallest absolute Gasteiger partial charge is 0.225 e. The summed E-state index contributed by atoms with van der Waals surface area (Å²) in [7, 11) is 0. The Hall–Kier alpha value is -2.33. The summed E-state index contributed by atoms with van der Waals surface area (Å²) in [5, 5.41) is 7.82. The van der Waals surface area contributed by atoms with Crippen molar-refractivity contribution in [1.29, 1.82) is 0 Å². The zero-order valence-electron chi connectivity index (χ0n) is 18.2. The second-order valence-corrected chi connectivity index (χ2v) is 9.94. The number of primary amides is 1. The molecule has 1 amide bonds. The van der Waals surface area contributed by atoms with Crippen LogP contribution in [0.2, 0.25) is 15.1 Å². The number of hydrogen-bond acceptors (Lipinski definition) is 7. The van der Waals surface area contributed by atoms with Gasteiger partial charge >= 0.3 is 0 Å². The number of nitrogens with two attached hydrogens (primary N) is 1. The van der Waals surface area contributed by atoms with Gasteiger partial charge in [-0.3, -0.25) is 9.36 Å². The molecule has 3 heterocycles. The maximum atomic E-state index is 11.7. The molecule has 2 aromatic heterocycles. The second kappa shape index (κ2) is 9.73. The number of benzene rings is 1. The zero-order valence-corrected chi connectivity index (χ0v) is 20.5. The van der Waals surface area contributed by atoms with Crippen LogP contribution >= 0.6 is 34.8 Å². The SMILES string of the molecule is NC(=O)[C@H]1CC[C@H](n2c(Nc3c(Cl)cc(Cl)cc3Cl)nc3cnc(N[C@@H]4CCOC4)nc32)CC1. The van der Waals surface area contributed by atoms with Crippen molar-refractivity contribution in [2.24, 2.45) is 11.7 Å². The lowest BCUT2D eigenvalue weighted by Gasteiger charge is -2.29. The van der Waals surface area contributed by atoms with Crippen LogP contribution in [0.4, 0.5) is 17.6 Å². The molecule has 4 N–H and O–H groups in total. The average molecular weight is 525 g/mol. The third-order valence-corrected chi connectivity index (χ3v) is 7.22. The van der Waals surface area contributed by atoms with Crippen LogP contribution in [-0.2, 0) is 9.53 Å². The summed E-state index contributed by atoms with van der Waals surface area (Å²) in [6.45, 7) is 1.34. The number of carbonyl (C=O) groups is 1. The van der Waals surface area contributed by atoms with Crippen LogP contribution < -0.4 is 16.4 Å². The molecule has 9 nitrogen and oxygen atoms in total. The number of anilines is 3. The molecule has 0 bridgehead atoms. The molecule has 1 saturated heterocycles. The Morgan fingerprint density at radius 1 is 1.09 bits per heavy atom. The van der Waals surface area contributed by atoms with E-state index in [9.17, 15) is 4.79 Å². The lowest BCUT2D eigenvalue weighted by Crippen LogP contribution is -2.29. The highest BCUT2D eigenvalue weighted by molar-refractivity contribution is 6.41. The predicted molar refractivity (Wildman–Crippen MR) is 133 cm³/mol. The van der Waals surface area contributed by atoms with Crippen LogP contribution in [0, 0.1) is 5.92 Å². The number of amides is 1. The van der Waals surface area contributed by atoms with Gasteiger partial charge in [0.05, 0.1) is 34.6 Å². The van der Waals surface area contributed by atoms with E-state index in [2.05, 4.69) is 15.6 Å². The van der Waals surface area contributed by atoms with Gasteiger partial charge in [0.2, 0.25) is 17.8 Å². The molecular formula is C22H24Cl3N7O2. The number of ether oxygens (including phenoxy) is 1. The van der Waals surface area contributed by atoms with E-state index in [-0.39, 0.29) is 23.9 Å². The fourth-order valence-electron chi connectivity index (χ4n) is 4.62. The molecule has 0 spiro atoms. The molecule has 12 heteroatoms. The molecule has 180 valence electrons. The standard InChI is InChI=1S/C22H24Cl3N7O2/c23-12-7-15(24)18(16(25)8-12)30-22-29-17-9-27-21(28-13-5-6-34-10-13)31-20(17)32(22)14-3-1-11(2-4-14)19(26)33/h7-9,11,13-14H,1-6,10H2,(H2,26,33)(H,29,30)(H,27,28,31)/t11-,13-,14-/m1/s1. The highest BCUT2D eigenvalue weighted by Gasteiger charge is 2.29. The summed E-state index contributed by atoms with van der Waals surface area (Å²) in [6.07, 6.45) is 5.53. The van der Waals surface area contributed by atoms with Gasteiger partial charge in [-0.15, -0.1) is 0 Å². The lowest BCUT2D eigenvalue weighted by atomic mass is 9.85. The van der Waals surface area contributed by atoms with Crippen LogP contribution in [0.1, 0.15) is 38.1 Å². The Kier molecular flexibility index (Phi) is 6.70. The summed E-state index contributed by atoms with van der Waals surface area (Å²) in [5.41, 5.74) is 7.37. The largest absolute Gasteiger partial charge is 0.379 e. The van der Waals surface area contributed by atoms with Crippen molar-refractivity contribution in [2.45, 2.75) is 44.2 Å². The average Bonchev–Trinajstić information content (AvgIpc) is 3.43. The molecule has 2 fully saturated rings. The number of rotatable bonds is 6. The second-order valence-electron chi connectivity index (χ2n) is 8.69. The van der Waals surface area contributed by atoms with Crippen molar-refractivity contribution in [3.8, 4) is 0 Å². The van der Waals surface area contributed by atoms with Gasteiger partial charge in [0, 0.05) is 23.6 Å². The van der Waals surface area contributed by atoms with E-state index >= 15 is 0 Å². The first-order chi connectivity index (χ1) is 16.4. The number of hydrogen-bond donors (Lipinski definition) is 3. The minimum absolute atomic E-state index is 0.0607. The van der Waals surface area contributed by atoms with Crippen LogP contribution in [0.5, 0.6) is 0 Å². The first-order valence-electron chi connectivity index (χ1n) is 11.2. The van der Waals surface area contributed by atoms with Crippen LogP contribution in [-0.4, -0.2) is 44.7 Å². The van der Waals surface area contributed by atoms with E-state index in [1.807, 2.05) is 4.57 Å². The highest BCUT2D eigenvalue weighted by Crippen LogP contribution is 2.40. The first kappa shape index (κ1) is 23.4. The number of carbonyl (C=O) groups excluding carboxylic acids is 1. The van der Waals surface area contributed by atoms with Gasteiger partial charge in [0.1, 0.15) is 5.52 Å². The van der Waals surface area contributed by atoms with Crippen molar-refractivity contribution in [3.05, 3.63) is 33.4 Å². The number of fused-ring (bicyclic) bond motifs is 1. The summed E-state index contributed by atoms with van der Waals surface area (Å²) >= 11 is 18.9. The summed E-state index contributed by atoms with van der Waals surface area (Å²) in [6, 6.07) is 3.47. The molecule has 1 aromatic carbocycles. The maximum absolute atomic E-state index is 11.7. The van der Waals surface area contributed by atoms with Crippen LogP contribution in [0.25, 0.3) is 11.2 Å². The molecule has 1 aliphatic carbocycles. The van der Waals surface area contributed by atoms with Gasteiger partial charge in [-0.05, 0) is 44.2 Å². The Morgan fingerprint density at radius 2 is 1.82 bits per heavy atom. The molecule has 0 radical (unpaired) electrons. The number of halogens is 3. The summed E-state index contributed by atoms with van der Waals surface area (Å²) in [5.74, 6) is 0.694. The monoisotopic (exact) mass is 523 g/mol. The topological polar surface area (TPSA) is 120 Å². The van der Waals surface area contributed by atoms with E-state index in [1.165, 1.54) is 0 Å². The number of nitrogens with one attached hydrogen (secondary N) is 2. The molecular weight excluding hydrogens is 501 g/mol. The van der Waals surface area contributed by atoms with E-state index in [0.717, 1.165) is 25.9 Å². The number of nitrogens with zero attached hydrogens (tertiary/aromatic N) is 4. The minimum Gasteiger partial charge on any atom is -0.379 e. The summed E-state index contributed by atoms with van der Waals surface area (Å²) in [4.78, 5) is 25.7. The third-order valence-electron chi connectivity index (χ3n) is 6.40.